The molecule has 0 unspecified atom stereocenters. The molecule has 2 saturated heterocycles. The Morgan fingerprint density at radius 1 is 0.605 bits per heavy atom. The number of aliphatic hydroxyl groups excluding tert-OH is 10. The Labute approximate surface area is 248 Å². The molecule has 2 fully saturated rings. The summed E-state index contributed by atoms with van der Waals surface area (Å²) in [5.74, 6) is -1.08. The summed E-state index contributed by atoms with van der Waals surface area (Å²) in [5, 5.41) is 97.2. The maximum Gasteiger partial charge on any atom is 0.303 e. The summed E-state index contributed by atoms with van der Waals surface area (Å²) in [6.07, 6.45) is -10.9. The molecule has 0 amide bonds. The first kappa shape index (κ1) is 41.8. The topological polar surface area (TPSA) is 304 Å². The van der Waals surface area contributed by atoms with Crippen LogP contribution in [0.5, 0.6) is 0 Å². The summed E-state index contributed by atoms with van der Waals surface area (Å²) in [5.41, 5.74) is 0. The van der Waals surface area contributed by atoms with Crippen LogP contribution < -0.4 is 0 Å². The molecule has 10 atom stereocenters. The molecule has 2 heterocycles. The molecule has 2 aliphatic heterocycles. The third-order valence-electron chi connectivity index (χ3n) is 5.55. The fraction of sp³-hybridized carbons (Fsp3) is 0.917. The molecular weight excluding hydrogens is 592 g/mol. The Morgan fingerprint density at radius 3 is 1.56 bits per heavy atom. The Morgan fingerprint density at radius 2 is 1.07 bits per heavy atom. The van der Waals surface area contributed by atoms with Crippen LogP contribution in [0.15, 0.2) is 0 Å². The van der Waals surface area contributed by atoms with E-state index in [0.717, 1.165) is 0 Å². The van der Waals surface area contributed by atoms with Crippen molar-refractivity contribution in [1.82, 2.24) is 0 Å². The normalized spacial score (nSPS) is 32.3. The highest BCUT2D eigenvalue weighted by atomic mass is 16.7. The molecule has 0 aliphatic carbocycles. The summed E-state index contributed by atoms with van der Waals surface area (Å²) < 4.78 is 38.3. The minimum Gasteiger partial charge on any atom is -0.481 e. The summed E-state index contributed by atoms with van der Waals surface area (Å²) >= 11 is 0. The van der Waals surface area contributed by atoms with Gasteiger partial charge < -0.3 is 89.3 Å². The third-order valence-corrected chi connectivity index (χ3v) is 5.55. The lowest BCUT2D eigenvalue weighted by molar-refractivity contribution is -0.325. The molecule has 0 aromatic carbocycles. The van der Waals surface area contributed by atoms with Crippen molar-refractivity contribution in [2.24, 2.45) is 0 Å². The smallest absolute Gasteiger partial charge is 0.303 e. The second-order valence-electron chi connectivity index (χ2n) is 8.73. The monoisotopic (exact) mass is 639 g/mol. The van der Waals surface area contributed by atoms with E-state index in [0.29, 0.717) is 0 Å². The van der Waals surface area contributed by atoms with Crippen LogP contribution in [-0.4, -0.2) is 203 Å². The Hall–Kier alpha value is -1.21. The lowest BCUT2D eigenvalue weighted by Gasteiger charge is -2.45. The van der Waals surface area contributed by atoms with E-state index in [4.69, 9.17) is 89.4 Å². The van der Waals surface area contributed by atoms with E-state index in [-0.39, 0.29) is 72.7 Å². The molecule has 0 aromatic heterocycles. The summed E-state index contributed by atoms with van der Waals surface area (Å²) in [7, 11) is 0. The third kappa shape index (κ3) is 16.1. The lowest BCUT2D eigenvalue weighted by atomic mass is 9.98. The summed E-state index contributed by atoms with van der Waals surface area (Å²) in [4.78, 5) is 8.89. The molecule has 0 spiro atoms. The molecule has 0 bridgehead atoms. The molecule has 11 N–H and O–H groups in total. The number of hydrogen-bond acceptors (Lipinski definition) is 18. The number of ether oxygens (including phenoxy) is 7. The van der Waals surface area contributed by atoms with Crippen molar-refractivity contribution in [3.8, 4) is 0 Å². The van der Waals surface area contributed by atoms with E-state index in [9.17, 15) is 0 Å². The second kappa shape index (κ2) is 25.0. The molecule has 19 heteroatoms. The van der Waals surface area contributed by atoms with Crippen LogP contribution in [0.25, 0.3) is 0 Å². The van der Waals surface area contributed by atoms with Gasteiger partial charge in [-0.1, -0.05) is 0 Å². The second-order valence-corrected chi connectivity index (χ2v) is 8.73. The lowest BCUT2D eigenvalue weighted by Crippen LogP contribution is -2.62. The van der Waals surface area contributed by atoms with Gasteiger partial charge in [0.05, 0.1) is 86.2 Å². The van der Waals surface area contributed by atoms with Crippen LogP contribution in [0, 0.1) is 6.92 Å². The van der Waals surface area contributed by atoms with Crippen LogP contribution in [0.2, 0.25) is 0 Å². The van der Waals surface area contributed by atoms with Gasteiger partial charge in [0.25, 0.3) is 0 Å². The maximum absolute atomic E-state index is 9.13. The SMILES string of the molecule is OCCOC[C@H]1O[C@H](OCCO)[C@H](OCCO)[C@@H](OCCO)[C@@H]1OCCO.OC[C@H]1O[C@H](O)[C@H](O)[C@@H](O)[C@@H]1O.[CH2]C(=O)O. The van der Waals surface area contributed by atoms with Crippen molar-refractivity contribution in [2.45, 2.75) is 61.4 Å². The highest BCUT2D eigenvalue weighted by Gasteiger charge is 2.49. The first-order valence-electron chi connectivity index (χ1n) is 13.3. The quantitative estimate of drug-likeness (QED) is 0.0659. The average Bonchev–Trinajstić information content (AvgIpc) is 2.98. The zero-order valence-corrected chi connectivity index (χ0v) is 23.7. The van der Waals surface area contributed by atoms with Gasteiger partial charge in [-0.25, -0.2) is 0 Å². The van der Waals surface area contributed by atoms with E-state index < -0.39 is 74.0 Å². The van der Waals surface area contributed by atoms with Gasteiger partial charge in [-0.3, -0.25) is 4.79 Å². The van der Waals surface area contributed by atoms with Gasteiger partial charge in [-0.2, -0.15) is 0 Å². The predicted octanol–water partition coefficient (Wildman–Crippen LogP) is -6.45. The number of carboxylic acid groups (broad SMARTS) is 1. The first-order chi connectivity index (χ1) is 20.5. The number of rotatable bonds is 17. The highest BCUT2D eigenvalue weighted by molar-refractivity contribution is 5.71. The fourth-order valence-electron chi connectivity index (χ4n) is 3.80. The van der Waals surface area contributed by atoms with E-state index >= 15 is 0 Å². The molecule has 43 heavy (non-hydrogen) atoms. The number of carbonyl (C=O) groups is 1. The van der Waals surface area contributed by atoms with Crippen molar-refractivity contribution in [3.05, 3.63) is 6.92 Å². The van der Waals surface area contributed by atoms with Gasteiger partial charge in [-0.05, 0) is 0 Å². The number of hydrogen-bond donors (Lipinski definition) is 11. The van der Waals surface area contributed by atoms with E-state index in [1.165, 1.54) is 0 Å². The molecule has 19 nitrogen and oxygen atoms in total. The zero-order valence-electron chi connectivity index (χ0n) is 23.7. The average molecular weight is 640 g/mol. The van der Waals surface area contributed by atoms with E-state index in [1.807, 2.05) is 0 Å². The van der Waals surface area contributed by atoms with Crippen molar-refractivity contribution >= 4 is 5.97 Å². The molecule has 1 radical (unpaired) electrons. The minimum atomic E-state index is -1.57. The molecule has 0 aromatic rings. The number of carboxylic acids is 1. The van der Waals surface area contributed by atoms with Crippen LogP contribution in [-0.2, 0) is 38.0 Å². The molecule has 2 rings (SSSR count). The van der Waals surface area contributed by atoms with E-state index in [2.05, 4.69) is 11.7 Å². The Kier molecular flexibility index (Phi) is 24.3. The van der Waals surface area contributed by atoms with Crippen molar-refractivity contribution < 1.29 is 94.1 Å². The first-order valence-corrected chi connectivity index (χ1v) is 13.3. The zero-order chi connectivity index (χ0) is 32.8. The van der Waals surface area contributed by atoms with Crippen LogP contribution in [0.3, 0.4) is 0 Å². The Bertz CT molecular complexity index is 666. The number of aliphatic hydroxyl groups is 10. The number of aliphatic carboxylic acids is 1. The minimum absolute atomic E-state index is 0.000423. The Balaban J connectivity index is 0.000000904. The van der Waals surface area contributed by atoms with Crippen LogP contribution >= 0.6 is 0 Å². The van der Waals surface area contributed by atoms with E-state index in [1.54, 1.807) is 0 Å². The van der Waals surface area contributed by atoms with Crippen molar-refractivity contribution in [1.29, 1.82) is 0 Å². The fourth-order valence-corrected chi connectivity index (χ4v) is 3.80. The van der Waals surface area contributed by atoms with Gasteiger partial charge in [0.2, 0.25) is 0 Å². The highest BCUT2D eigenvalue weighted by Crippen LogP contribution is 2.29. The molecular formula is C24H47O19. The van der Waals surface area contributed by atoms with Crippen molar-refractivity contribution in [3.63, 3.8) is 0 Å². The summed E-state index contributed by atoms with van der Waals surface area (Å²) in [6, 6.07) is 0. The van der Waals surface area contributed by atoms with Gasteiger partial charge in [0.1, 0.15) is 48.8 Å². The van der Waals surface area contributed by atoms with Crippen molar-refractivity contribution in [2.75, 3.05) is 79.3 Å². The molecule has 0 saturated carbocycles. The van der Waals surface area contributed by atoms with Crippen LogP contribution in [0.4, 0.5) is 0 Å². The predicted molar refractivity (Wildman–Crippen MR) is 139 cm³/mol. The van der Waals surface area contributed by atoms with Gasteiger partial charge in [0.15, 0.2) is 12.6 Å². The van der Waals surface area contributed by atoms with Gasteiger partial charge in [0, 0.05) is 0 Å². The molecule has 257 valence electrons. The summed E-state index contributed by atoms with van der Waals surface area (Å²) in [6.45, 7) is 1.10. The standard InChI is InChI=1S/C16H32O11.C6H12O6.C2H3O2/c17-1-6-22-11-12-13(23-7-2-18)14(24-8-3-19)15(25-9-4-20)16(27-12)26-10-5-21;7-1-2-3(8)4(9)5(10)6(11)12-2;1-2(3)4/h12-21H,1-11H2;2-11H,1H2;1H2,(H,3,4)/t12-,13-,14+,15-,16+;2-,3-,4+,5-,6+;/m11./s1. The maximum atomic E-state index is 9.13. The molecule has 2 aliphatic rings. The van der Waals surface area contributed by atoms with Gasteiger partial charge >= 0.3 is 5.97 Å². The van der Waals surface area contributed by atoms with Gasteiger partial charge in [-0.15, -0.1) is 0 Å². The van der Waals surface area contributed by atoms with Crippen LogP contribution in [0.1, 0.15) is 0 Å². The largest absolute Gasteiger partial charge is 0.481 e.